The number of hydrogen-bond donors (Lipinski definition) is 2. The molecule has 1 aromatic carbocycles. The average Bonchev–Trinajstić information content (AvgIpc) is 2.59. The van der Waals surface area contributed by atoms with Gasteiger partial charge in [0.1, 0.15) is 11.6 Å². The molecule has 0 heterocycles. The van der Waals surface area contributed by atoms with E-state index in [2.05, 4.69) is 24.1 Å². The molecule has 0 bridgehead atoms. The molecule has 2 N–H and O–H groups in total. The standard InChI is InChI=1S/C22H29NO4/c1-5-6-7-8-9-13-16-18(17-14-11-10-12-15-17)19(20(24)25)23-21(26)27-22(2,3)4/h10-16,18-19H,5-7H2,1-4H3,(H,23,26)(H,24,25)/b16-13+/t18-,19-/m0/s1. The second-order valence-corrected chi connectivity index (χ2v) is 7.18. The monoisotopic (exact) mass is 371 g/mol. The van der Waals surface area contributed by atoms with Crippen LogP contribution in [0.4, 0.5) is 4.79 Å². The molecule has 0 aliphatic heterocycles. The van der Waals surface area contributed by atoms with Gasteiger partial charge >= 0.3 is 12.1 Å². The second-order valence-electron chi connectivity index (χ2n) is 7.18. The van der Waals surface area contributed by atoms with Gasteiger partial charge in [0.15, 0.2) is 0 Å². The Morgan fingerprint density at radius 2 is 1.93 bits per heavy atom. The van der Waals surface area contributed by atoms with Crippen LogP contribution in [0.5, 0.6) is 0 Å². The van der Waals surface area contributed by atoms with Crippen molar-refractivity contribution in [2.75, 3.05) is 0 Å². The molecular formula is C22H29NO4. The van der Waals surface area contributed by atoms with Crippen LogP contribution in [0.3, 0.4) is 0 Å². The van der Waals surface area contributed by atoms with Gasteiger partial charge in [0.2, 0.25) is 0 Å². The number of hydrogen-bond acceptors (Lipinski definition) is 3. The number of carboxylic acids is 1. The first-order valence-electron chi connectivity index (χ1n) is 9.17. The van der Waals surface area contributed by atoms with Gasteiger partial charge < -0.3 is 15.2 Å². The first-order valence-corrected chi connectivity index (χ1v) is 9.17. The zero-order valence-electron chi connectivity index (χ0n) is 16.5. The highest BCUT2D eigenvalue weighted by Gasteiger charge is 2.31. The van der Waals surface area contributed by atoms with E-state index in [1.165, 1.54) is 0 Å². The van der Waals surface area contributed by atoms with E-state index in [-0.39, 0.29) is 0 Å². The molecule has 27 heavy (non-hydrogen) atoms. The number of benzene rings is 1. The lowest BCUT2D eigenvalue weighted by Gasteiger charge is -2.25. The van der Waals surface area contributed by atoms with Crippen molar-refractivity contribution in [1.82, 2.24) is 5.32 Å². The van der Waals surface area contributed by atoms with E-state index in [0.29, 0.717) is 0 Å². The number of carbonyl (C=O) groups excluding carboxylic acids is 1. The lowest BCUT2D eigenvalue weighted by molar-refractivity contribution is -0.139. The summed E-state index contributed by atoms with van der Waals surface area (Å²) in [6.07, 6.45) is 5.51. The Hall–Kier alpha value is -2.74. The summed E-state index contributed by atoms with van der Waals surface area (Å²) in [5, 5.41) is 12.2. The molecule has 5 nitrogen and oxygen atoms in total. The minimum Gasteiger partial charge on any atom is -0.480 e. The molecule has 0 saturated heterocycles. The van der Waals surface area contributed by atoms with Crippen LogP contribution in [0.25, 0.3) is 0 Å². The summed E-state index contributed by atoms with van der Waals surface area (Å²) in [4.78, 5) is 24.0. The van der Waals surface area contributed by atoms with Crippen LogP contribution in [0.2, 0.25) is 0 Å². The van der Waals surface area contributed by atoms with Crippen molar-refractivity contribution in [2.24, 2.45) is 0 Å². The van der Waals surface area contributed by atoms with Crippen LogP contribution < -0.4 is 5.32 Å². The van der Waals surface area contributed by atoms with E-state index >= 15 is 0 Å². The maximum atomic E-state index is 12.1. The Kier molecular flexibility index (Phi) is 9.15. The normalized spacial score (nSPS) is 13.3. The Balaban J connectivity index is 3.05. The lowest BCUT2D eigenvalue weighted by Crippen LogP contribution is -2.46. The largest absolute Gasteiger partial charge is 0.480 e. The Labute approximate surface area is 161 Å². The number of aliphatic carboxylic acids is 1. The molecule has 0 aliphatic carbocycles. The number of unbranched alkanes of at least 4 members (excludes halogenated alkanes) is 2. The van der Waals surface area contributed by atoms with Gasteiger partial charge in [-0.3, -0.25) is 0 Å². The zero-order valence-corrected chi connectivity index (χ0v) is 16.5. The van der Waals surface area contributed by atoms with Gasteiger partial charge in [0.05, 0.1) is 0 Å². The molecule has 0 saturated carbocycles. The highest BCUT2D eigenvalue weighted by Crippen LogP contribution is 2.22. The van der Waals surface area contributed by atoms with Crippen LogP contribution in [0.1, 0.15) is 58.4 Å². The number of alkyl carbamates (subject to hydrolysis) is 1. The number of rotatable bonds is 7. The fraction of sp³-hybridized carbons (Fsp3) is 0.455. The molecule has 1 amide bonds. The van der Waals surface area contributed by atoms with Crippen molar-refractivity contribution in [3.05, 3.63) is 48.0 Å². The molecule has 0 aromatic heterocycles. The van der Waals surface area contributed by atoms with E-state index in [9.17, 15) is 14.7 Å². The molecule has 1 aromatic rings. The van der Waals surface area contributed by atoms with E-state index < -0.39 is 29.6 Å². The summed E-state index contributed by atoms with van der Waals surface area (Å²) in [5.74, 6) is 4.26. The third-order valence-corrected chi connectivity index (χ3v) is 3.63. The third-order valence-electron chi connectivity index (χ3n) is 3.63. The number of ether oxygens (including phenoxy) is 1. The van der Waals surface area contributed by atoms with E-state index in [1.807, 2.05) is 30.3 Å². The molecular weight excluding hydrogens is 342 g/mol. The van der Waals surface area contributed by atoms with Gasteiger partial charge in [-0.25, -0.2) is 9.59 Å². The maximum absolute atomic E-state index is 12.1. The zero-order chi connectivity index (χ0) is 20.3. The highest BCUT2D eigenvalue weighted by molar-refractivity contribution is 5.81. The Morgan fingerprint density at radius 3 is 2.48 bits per heavy atom. The van der Waals surface area contributed by atoms with Crippen molar-refractivity contribution in [3.8, 4) is 11.8 Å². The first-order chi connectivity index (χ1) is 12.7. The minimum atomic E-state index is -1.17. The fourth-order valence-electron chi connectivity index (χ4n) is 2.38. The molecule has 1 rings (SSSR count). The fourth-order valence-corrected chi connectivity index (χ4v) is 2.38. The predicted molar refractivity (Wildman–Crippen MR) is 106 cm³/mol. The molecule has 0 spiro atoms. The first kappa shape index (κ1) is 22.3. The van der Waals surface area contributed by atoms with Crippen molar-refractivity contribution in [3.63, 3.8) is 0 Å². The minimum absolute atomic E-state index is 0.573. The second kappa shape index (κ2) is 11.1. The topological polar surface area (TPSA) is 75.6 Å². The van der Waals surface area contributed by atoms with E-state index in [1.54, 1.807) is 32.9 Å². The quantitative estimate of drug-likeness (QED) is 0.547. The number of allylic oxidation sites excluding steroid dienone is 1. The van der Waals surface area contributed by atoms with Gasteiger partial charge in [-0.15, -0.1) is 0 Å². The van der Waals surface area contributed by atoms with Crippen molar-refractivity contribution < 1.29 is 19.4 Å². The van der Waals surface area contributed by atoms with Crippen LogP contribution in [0, 0.1) is 11.8 Å². The molecule has 0 radical (unpaired) electrons. The summed E-state index contributed by atoms with van der Waals surface area (Å²) in [5.41, 5.74) is 0.0586. The molecule has 0 aliphatic rings. The van der Waals surface area contributed by atoms with Gasteiger partial charge in [-0.1, -0.05) is 61.6 Å². The molecule has 2 atom stereocenters. The van der Waals surface area contributed by atoms with Gasteiger partial charge in [0.25, 0.3) is 0 Å². The van der Waals surface area contributed by atoms with Gasteiger partial charge in [-0.05, 0) is 38.8 Å². The molecule has 146 valence electrons. The van der Waals surface area contributed by atoms with Crippen molar-refractivity contribution >= 4 is 12.1 Å². The van der Waals surface area contributed by atoms with Crippen LogP contribution >= 0.6 is 0 Å². The maximum Gasteiger partial charge on any atom is 0.408 e. The van der Waals surface area contributed by atoms with Crippen LogP contribution in [0.15, 0.2) is 42.5 Å². The van der Waals surface area contributed by atoms with Crippen molar-refractivity contribution in [1.29, 1.82) is 0 Å². The number of carbonyl (C=O) groups is 2. The summed E-state index contributed by atoms with van der Waals surface area (Å²) in [6, 6.07) is 7.99. The van der Waals surface area contributed by atoms with Gasteiger partial charge in [-0.2, -0.15) is 0 Å². The number of amides is 1. The third kappa shape index (κ3) is 8.96. The molecule has 0 fully saturated rings. The molecule has 0 unspecified atom stereocenters. The average molecular weight is 371 g/mol. The number of nitrogens with one attached hydrogen (secondary N) is 1. The Bertz CT molecular complexity index is 693. The van der Waals surface area contributed by atoms with Gasteiger partial charge in [0, 0.05) is 12.3 Å². The lowest BCUT2D eigenvalue weighted by atomic mass is 9.91. The van der Waals surface area contributed by atoms with Crippen LogP contribution in [-0.4, -0.2) is 28.8 Å². The summed E-state index contributed by atoms with van der Waals surface area (Å²) in [7, 11) is 0. The Morgan fingerprint density at radius 1 is 1.26 bits per heavy atom. The SMILES string of the molecule is CCCCC#C/C=C/[C@@H](c1ccccc1)[C@H](NC(=O)OC(C)(C)C)C(=O)O. The predicted octanol–water partition coefficient (Wildman–Crippen LogP) is 4.50. The molecule has 5 heteroatoms. The van der Waals surface area contributed by atoms with E-state index in [4.69, 9.17) is 4.74 Å². The summed E-state index contributed by atoms with van der Waals surface area (Å²) >= 11 is 0. The van der Waals surface area contributed by atoms with E-state index in [0.717, 1.165) is 24.8 Å². The summed E-state index contributed by atoms with van der Waals surface area (Å²) < 4.78 is 5.21. The summed E-state index contributed by atoms with van der Waals surface area (Å²) in [6.45, 7) is 7.28. The van der Waals surface area contributed by atoms with Crippen molar-refractivity contribution in [2.45, 2.75) is 64.5 Å². The highest BCUT2D eigenvalue weighted by atomic mass is 16.6. The van der Waals surface area contributed by atoms with Crippen LogP contribution in [-0.2, 0) is 9.53 Å². The smallest absolute Gasteiger partial charge is 0.408 e. The number of carboxylic acid groups (broad SMARTS) is 1.